The molecule has 0 fully saturated rings. The molecule has 3 heteroatoms. The first kappa shape index (κ1) is 7.09. The highest BCUT2D eigenvalue weighted by Gasteiger charge is 2.10. The normalized spacial score (nSPS) is 14.7. The summed E-state index contributed by atoms with van der Waals surface area (Å²) in [5, 5.41) is 2.84. The third kappa shape index (κ3) is 1.53. The Bertz CT molecular complexity index is 315. The number of hydrogen-bond donors (Lipinski definition) is 0. The summed E-state index contributed by atoms with van der Waals surface area (Å²) in [6.07, 6.45) is 0. The molecule has 2 nitrogen and oxygen atoms in total. The standard InChI is InChI=1S/C8H6INO/c11-10-7-3-1-6(2-4-7)8-5-9-8/h1-4H,5H2. The van der Waals surface area contributed by atoms with Crippen molar-refractivity contribution in [3.05, 3.63) is 34.7 Å². The third-order valence-corrected chi connectivity index (χ3v) is 3.70. The molecule has 1 aromatic rings. The molecule has 0 radical (unpaired) electrons. The van der Waals surface area contributed by atoms with Gasteiger partial charge in [0.15, 0.2) is 0 Å². The Balaban J connectivity index is 2.33. The molecule has 56 valence electrons. The van der Waals surface area contributed by atoms with E-state index >= 15 is 0 Å². The van der Waals surface area contributed by atoms with Crippen LogP contribution in [0.4, 0.5) is 5.69 Å². The summed E-state index contributed by atoms with van der Waals surface area (Å²) in [5.74, 6) is 0. The van der Waals surface area contributed by atoms with Gasteiger partial charge in [-0.2, -0.15) is 0 Å². The molecule has 0 aromatic heterocycles. The maximum absolute atomic E-state index is 10.1. The fourth-order valence-electron chi connectivity index (χ4n) is 0.891. The fraction of sp³-hybridized carbons (Fsp3) is 0.125. The van der Waals surface area contributed by atoms with E-state index in [1.807, 2.05) is 12.1 Å². The molecular formula is C8H6INO. The van der Waals surface area contributed by atoms with Crippen LogP contribution >= 0.6 is 20.7 Å². The van der Waals surface area contributed by atoms with Crippen molar-refractivity contribution in [2.75, 3.05) is 4.43 Å². The summed E-state index contributed by atoms with van der Waals surface area (Å²) in [6.45, 7) is 0. The van der Waals surface area contributed by atoms with Gasteiger partial charge >= 0.3 is 0 Å². The van der Waals surface area contributed by atoms with E-state index in [0.29, 0.717) is 26.4 Å². The molecular weight excluding hydrogens is 253 g/mol. The van der Waals surface area contributed by atoms with Crippen molar-refractivity contribution in [3.8, 4) is 0 Å². The molecule has 11 heavy (non-hydrogen) atoms. The molecule has 1 aromatic carbocycles. The molecule has 2 rings (SSSR count). The van der Waals surface area contributed by atoms with E-state index in [2.05, 4.69) is 5.18 Å². The van der Waals surface area contributed by atoms with Crippen LogP contribution in [-0.4, -0.2) is 7.94 Å². The van der Waals surface area contributed by atoms with Gasteiger partial charge < -0.3 is 0 Å². The summed E-state index contributed by atoms with van der Waals surface area (Å²) in [5.41, 5.74) is 1.83. The topological polar surface area (TPSA) is 29.4 Å². The zero-order valence-electron chi connectivity index (χ0n) is 5.75. The van der Waals surface area contributed by atoms with Gasteiger partial charge in [-0.15, -0.1) is 25.6 Å². The van der Waals surface area contributed by atoms with E-state index in [1.54, 1.807) is 15.6 Å². The lowest BCUT2D eigenvalue weighted by Crippen LogP contribution is -1.84. The summed E-state index contributed by atoms with van der Waals surface area (Å²) >= 11 is 0.389. The Morgan fingerprint density at radius 3 is 2.36 bits per heavy atom. The Hall–Kier alpha value is -0.580. The van der Waals surface area contributed by atoms with Crippen molar-refractivity contribution in [2.45, 2.75) is 0 Å². The number of nitrogens with zero attached hydrogens (tertiary/aromatic N) is 1. The Morgan fingerprint density at radius 2 is 1.91 bits per heavy atom. The quantitative estimate of drug-likeness (QED) is 0.456. The predicted octanol–water partition coefficient (Wildman–Crippen LogP) is 2.59. The van der Waals surface area contributed by atoms with Gasteiger partial charge in [-0.25, -0.2) is 0 Å². The lowest BCUT2D eigenvalue weighted by atomic mass is 10.2. The van der Waals surface area contributed by atoms with Crippen LogP contribution in [0.5, 0.6) is 0 Å². The average molecular weight is 259 g/mol. The maximum atomic E-state index is 10.1. The SMILES string of the molecule is O=Nc1ccc(C2=IC2)cc1. The van der Waals surface area contributed by atoms with Crippen molar-refractivity contribution in [1.82, 2.24) is 0 Å². The largest absolute Gasteiger partial charge is 0.145 e. The van der Waals surface area contributed by atoms with Gasteiger partial charge in [0, 0.05) is 4.43 Å². The summed E-state index contributed by atoms with van der Waals surface area (Å²) in [4.78, 5) is 10.1. The van der Waals surface area contributed by atoms with E-state index in [-0.39, 0.29) is 0 Å². The van der Waals surface area contributed by atoms with Crippen LogP contribution in [0.25, 0.3) is 0 Å². The number of benzene rings is 1. The summed E-state index contributed by atoms with van der Waals surface area (Å²) < 4.78 is 2.92. The van der Waals surface area contributed by atoms with E-state index < -0.39 is 0 Å². The highest BCUT2D eigenvalue weighted by Crippen LogP contribution is 2.26. The van der Waals surface area contributed by atoms with E-state index in [4.69, 9.17) is 0 Å². The lowest BCUT2D eigenvalue weighted by Gasteiger charge is -1.91. The van der Waals surface area contributed by atoms with Gasteiger partial charge in [0.25, 0.3) is 0 Å². The van der Waals surface area contributed by atoms with Crippen LogP contribution < -0.4 is 0 Å². The summed E-state index contributed by atoms with van der Waals surface area (Å²) in [6, 6.07) is 7.52. The molecule has 0 aliphatic carbocycles. The second-order valence-corrected chi connectivity index (χ2v) is 5.14. The Labute approximate surface area is 74.3 Å². The van der Waals surface area contributed by atoms with Crippen LogP contribution in [-0.2, 0) is 0 Å². The molecule has 0 amide bonds. The first-order valence-electron chi connectivity index (χ1n) is 3.29. The van der Waals surface area contributed by atoms with Gasteiger partial charge in [0.2, 0.25) is 0 Å². The fourth-order valence-corrected chi connectivity index (χ4v) is 2.32. The minimum atomic E-state index is 0.389. The van der Waals surface area contributed by atoms with Gasteiger partial charge in [-0.1, -0.05) is 12.1 Å². The number of hydrogen-bond acceptors (Lipinski definition) is 2. The van der Waals surface area contributed by atoms with E-state index in [1.165, 1.54) is 9.99 Å². The monoisotopic (exact) mass is 259 g/mol. The minimum Gasteiger partial charge on any atom is -0.145 e. The molecule has 0 atom stereocenters. The molecule has 0 saturated carbocycles. The van der Waals surface area contributed by atoms with Crippen LogP contribution in [0.3, 0.4) is 0 Å². The van der Waals surface area contributed by atoms with Crippen molar-refractivity contribution in [3.63, 3.8) is 0 Å². The van der Waals surface area contributed by atoms with Gasteiger partial charge in [0.05, 0.1) is 0 Å². The molecule has 1 aliphatic heterocycles. The molecule has 0 N–H and O–H groups in total. The van der Waals surface area contributed by atoms with Crippen molar-refractivity contribution in [1.29, 1.82) is 0 Å². The molecule has 0 bridgehead atoms. The zero-order valence-corrected chi connectivity index (χ0v) is 7.91. The number of alkyl halides is 1. The van der Waals surface area contributed by atoms with Gasteiger partial charge in [0.1, 0.15) is 5.69 Å². The second kappa shape index (κ2) is 2.81. The summed E-state index contributed by atoms with van der Waals surface area (Å²) in [7, 11) is 0. The maximum Gasteiger partial charge on any atom is 0.108 e. The van der Waals surface area contributed by atoms with Gasteiger partial charge in [-0.3, -0.25) is 0 Å². The smallest absolute Gasteiger partial charge is 0.108 e. The van der Waals surface area contributed by atoms with Gasteiger partial charge in [-0.05, 0) is 26.4 Å². The zero-order chi connectivity index (χ0) is 7.68. The highest BCUT2D eigenvalue weighted by atomic mass is 127. The van der Waals surface area contributed by atoms with Crippen molar-refractivity contribution >= 4 is 29.9 Å². The number of halogens is 1. The molecule has 0 unspecified atom stereocenters. The minimum absolute atomic E-state index is 0.389. The second-order valence-electron chi connectivity index (χ2n) is 2.31. The lowest BCUT2D eigenvalue weighted by molar-refractivity contribution is 1.49. The molecule has 1 heterocycles. The number of nitroso groups, excluding NO2 is 1. The molecule has 0 spiro atoms. The van der Waals surface area contributed by atoms with Crippen LogP contribution in [0.15, 0.2) is 29.4 Å². The average Bonchev–Trinajstić information content (AvgIpc) is 2.87. The highest BCUT2D eigenvalue weighted by molar-refractivity contribution is 14.2. The third-order valence-electron chi connectivity index (χ3n) is 1.55. The number of rotatable bonds is 2. The van der Waals surface area contributed by atoms with E-state index in [9.17, 15) is 4.91 Å². The van der Waals surface area contributed by atoms with Crippen molar-refractivity contribution in [2.24, 2.45) is 5.18 Å². The van der Waals surface area contributed by atoms with Crippen LogP contribution in [0.1, 0.15) is 5.56 Å². The Morgan fingerprint density at radius 1 is 1.27 bits per heavy atom. The first-order chi connectivity index (χ1) is 5.40. The predicted molar refractivity (Wildman–Crippen MR) is 54.9 cm³/mol. The van der Waals surface area contributed by atoms with E-state index in [0.717, 1.165) is 0 Å². The molecule has 1 aliphatic rings. The Kier molecular flexibility index (Phi) is 1.81. The first-order valence-corrected chi connectivity index (χ1v) is 5.89. The molecule has 0 saturated heterocycles. The van der Waals surface area contributed by atoms with Crippen molar-refractivity contribution < 1.29 is 0 Å². The van der Waals surface area contributed by atoms with Crippen LogP contribution in [0.2, 0.25) is 0 Å². The van der Waals surface area contributed by atoms with Crippen LogP contribution in [0, 0.1) is 4.91 Å².